The molecule has 4 rings (SSSR count). The minimum absolute atomic E-state index is 0.323. The van der Waals surface area contributed by atoms with Crippen LogP contribution in [0.15, 0.2) is 30.3 Å². The first-order valence-corrected chi connectivity index (χ1v) is 10.3. The lowest BCUT2D eigenvalue weighted by Gasteiger charge is -2.26. The van der Waals surface area contributed by atoms with Crippen molar-refractivity contribution in [2.75, 3.05) is 19.7 Å². The highest BCUT2D eigenvalue weighted by Gasteiger charge is 2.32. The quantitative estimate of drug-likeness (QED) is 0.815. The van der Waals surface area contributed by atoms with E-state index in [1.807, 2.05) is 30.3 Å². The standard InChI is InChI=1S/C22H31N3O2/c1-24-20-11-6-5-10-19(20)23-22(24)21-12-7-13-25(21)14-18(26)16-27-15-17-8-3-2-4-9-17/h2-4,8-9,18,21,26H,5-7,10-16H2,1H3/t18-,21-/m1/s1. The summed E-state index contributed by atoms with van der Waals surface area (Å²) in [4.78, 5) is 7.39. The Hall–Kier alpha value is -1.69. The van der Waals surface area contributed by atoms with Crippen LogP contribution < -0.4 is 0 Å². The highest BCUT2D eigenvalue weighted by atomic mass is 16.5. The number of aliphatic hydroxyl groups excluding tert-OH is 1. The first kappa shape index (κ1) is 18.7. The summed E-state index contributed by atoms with van der Waals surface area (Å²) < 4.78 is 8.05. The SMILES string of the molecule is Cn1c([C@H]2CCCN2C[C@@H](O)COCc2ccccc2)nc2c1CCCC2. The molecule has 146 valence electrons. The molecule has 1 N–H and O–H groups in total. The summed E-state index contributed by atoms with van der Waals surface area (Å²) >= 11 is 0. The zero-order chi connectivity index (χ0) is 18.6. The van der Waals surface area contributed by atoms with Crippen LogP contribution in [0.4, 0.5) is 0 Å². The second kappa shape index (κ2) is 8.55. The summed E-state index contributed by atoms with van der Waals surface area (Å²) in [6.07, 6.45) is 6.63. The van der Waals surface area contributed by atoms with Crippen molar-refractivity contribution in [1.29, 1.82) is 0 Å². The minimum atomic E-state index is -0.468. The molecule has 1 aliphatic heterocycles. The predicted octanol–water partition coefficient (Wildman–Crippen LogP) is 3.01. The molecule has 2 aromatic rings. The van der Waals surface area contributed by atoms with Gasteiger partial charge in [0.15, 0.2) is 0 Å². The molecule has 0 bridgehead atoms. The molecule has 1 fully saturated rings. The number of likely N-dealkylation sites (tertiary alicyclic amines) is 1. The van der Waals surface area contributed by atoms with Crippen LogP contribution in [0.3, 0.4) is 0 Å². The molecule has 5 heteroatoms. The zero-order valence-corrected chi connectivity index (χ0v) is 16.3. The molecule has 2 aliphatic rings. The van der Waals surface area contributed by atoms with Crippen LogP contribution in [0.1, 0.15) is 54.5 Å². The maximum atomic E-state index is 10.5. The molecular formula is C22H31N3O2. The largest absolute Gasteiger partial charge is 0.389 e. The molecule has 2 atom stereocenters. The number of fused-ring (bicyclic) bond motifs is 1. The Morgan fingerprint density at radius 3 is 2.81 bits per heavy atom. The zero-order valence-electron chi connectivity index (χ0n) is 16.3. The first-order chi connectivity index (χ1) is 13.2. The molecule has 1 aliphatic carbocycles. The average molecular weight is 370 g/mol. The van der Waals surface area contributed by atoms with Crippen molar-refractivity contribution < 1.29 is 9.84 Å². The Bertz CT molecular complexity index is 744. The molecular weight excluding hydrogens is 338 g/mol. The van der Waals surface area contributed by atoms with E-state index in [0.29, 0.717) is 25.8 Å². The number of hydrogen-bond acceptors (Lipinski definition) is 4. The van der Waals surface area contributed by atoms with Gasteiger partial charge in [0.1, 0.15) is 5.82 Å². The van der Waals surface area contributed by atoms with Gasteiger partial charge in [-0.2, -0.15) is 0 Å². The third-order valence-corrected chi connectivity index (χ3v) is 5.94. The van der Waals surface area contributed by atoms with Gasteiger partial charge in [-0.15, -0.1) is 0 Å². The van der Waals surface area contributed by atoms with E-state index in [4.69, 9.17) is 9.72 Å². The summed E-state index contributed by atoms with van der Waals surface area (Å²) in [7, 11) is 2.17. The predicted molar refractivity (Wildman–Crippen MR) is 106 cm³/mol. The van der Waals surface area contributed by atoms with Crippen LogP contribution in [0.2, 0.25) is 0 Å². The second-order valence-corrected chi connectivity index (χ2v) is 7.94. The number of nitrogens with zero attached hydrogens (tertiary/aromatic N) is 3. The van der Waals surface area contributed by atoms with Gasteiger partial charge >= 0.3 is 0 Å². The number of aliphatic hydroxyl groups is 1. The van der Waals surface area contributed by atoms with Crippen LogP contribution in [-0.4, -0.2) is 45.4 Å². The maximum absolute atomic E-state index is 10.5. The third-order valence-electron chi connectivity index (χ3n) is 5.94. The normalized spacial score (nSPS) is 21.3. The smallest absolute Gasteiger partial charge is 0.126 e. The van der Waals surface area contributed by atoms with Crippen molar-refractivity contribution in [2.24, 2.45) is 7.05 Å². The van der Waals surface area contributed by atoms with E-state index in [2.05, 4.69) is 16.5 Å². The summed E-state index contributed by atoms with van der Waals surface area (Å²) in [6.45, 7) is 2.59. The lowest BCUT2D eigenvalue weighted by Crippen LogP contribution is -2.35. The number of aromatic nitrogens is 2. The first-order valence-electron chi connectivity index (χ1n) is 10.3. The fourth-order valence-corrected chi connectivity index (χ4v) is 4.55. The molecule has 27 heavy (non-hydrogen) atoms. The van der Waals surface area contributed by atoms with E-state index < -0.39 is 6.10 Å². The highest BCUT2D eigenvalue weighted by molar-refractivity contribution is 5.22. The van der Waals surface area contributed by atoms with Crippen LogP contribution in [-0.2, 0) is 31.2 Å². The van der Waals surface area contributed by atoms with Crippen LogP contribution in [0, 0.1) is 0 Å². The van der Waals surface area contributed by atoms with Gasteiger partial charge in [0, 0.05) is 19.3 Å². The van der Waals surface area contributed by atoms with Crippen molar-refractivity contribution in [3.63, 3.8) is 0 Å². The molecule has 0 unspecified atom stereocenters. The molecule has 1 aromatic heterocycles. The topological polar surface area (TPSA) is 50.5 Å². The van der Waals surface area contributed by atoms with Crippen molar-refractivity contribution in [3.8, 4) is 0 Å². The number of hydrogen-bond donors (Lipinski definition) is 1. The lowest BCUT2D eigenvalue weighted by atomic mass is 10.0. The van der Waals surface area contributed by atoms with Gasteiger partial charge in [-0.1, -0.05) is 30.3 Å². The van der Waals surface area contributed by atoms with Crippen molar-refractivity contribution in [1.82, 2.24) is 14.5 Å². The Balaban J connectivity index is 1.34. The second-order valence-electron chi connectivity index (χ2n) is 7.94. The van der Waals surface area contributed by atoms with E-state index in [1.54, 1.807) is 0 Å². The summed E-state index contributed by atoms with van der Waals surface area (Å²) in [5.41, 5.74) is 3.87. The van der Waals surface area contributed by atoms with E-state index in [9.17, 15) is 5.11 Å². The number of rotatable bonds is 7. The van der Waals surface area contributed by atoms with Gasteiger partial charge in [0.25, 0.3) is 0 Å². The van der Waals surface area contributed by atoms with Crippen LogP contribution in [0.5, 0.6) is 0 Å². The molecule has 0 saturated carbocycles. The molecule has 1 saturated heterocycles. The van der Waals surface area contributed by atoms with Gasteiger partial charge < -0.3 is 14.4 Å². The number of imidazole rings is 1. The number of benzene rings is 1. The van der Waals surface area contributed by atoms with E-state index in [-0.39, 0.29) is 0 Å². The van der Waals surface area contributed by atoms with Gasteiger partial charge in [-0.05, 0) is 50.6 Å². The summed E-state index contributed by atoms with van der Waals surface area (Å²) in [5, 5.41) is 10.5. The Morgan fingerprint density at radius 1 is 1.19 bits per heavy atom. The Morgan fingerprint density at radius 2 is 2.00 bits per heavy atom. The van der Waals surface area contributed by atoms with Crippen LogP contribution >= 0.6 is 0 Å². The minimum Gasteiger partial charge on any atom is -0.389 e. The van der Waals surface area contributed by atoms with Crippen molar-refractivity contribution in [3.05, 3.63) is 53.1 Å². The van der Waals surface area contributed by atoms with Crippen LogP contribution in [0.25, 0.3) is 0 Å². The maximum Gasteiger partial charge on any atom is 0.126 e. The van der Waals surface area contributed by atoms with Crippen molar-refractivity contribution in [2.45, 2.75) is 57.3 Å². The fourth-order valence-electron chi connectivity index (χ4n) is 4.55. The Kier molecular flexibility index (Phi) is 5.91. The van der Waals surface area contributed by atoms with E-state index >= 15 is 0 Å². The molecule has 0 spiro atoms. The molecule has 2 heterocycles. The van der Waals surface area contributed by atoms with Gasteiger partial charge in [-0.3, -0.25) is 4.90 Å². The number of β-amino-alcohol motifs (C(OH)–C–C–N with tert-alkyl or cyclic N) is 1. The van der Waals surface area contributed by atoms with Gasteiger partial charge in [0.2, 0.25) is 0 Å². The molecule has 0 amide bonds. The summed E-state index contributed by atoms with van der Waals surface area (Å²) in [6, 6.07) is 10.4. The number of aryl methyl sites for hydroxylation is 1. The van der Waals surface area contributed by atoms with Gasteiger partial charge in [0.05, 0.1) is 31.1 Å². The number of ether oxygens (including phenoxy) is 1. The molecule has 5 nitrogen and oxygen atoms in total. The van der Waals surface area contributed by atoms with Crippen molar-refractivity contribution >= 4 is 0 Å². The average Bonchev–Trinajstić information content (AvgIpc) is 3.27. The molecule has 1 aromatic carbocycles. The Labute approximate surface area is 162 Å². The summed E-state index contributed by atoms with van der Waals surface area (Å²) in [5.74, 6) is 1.19. The third kappa shape index (κ3) is 4.26. The highest BCUT2D eigenvalue weighted by Crippen LogP contribution is 2.33. The monoisotopic (exact) mass is 369 g/mol. The van der Waals surface area contributed by atoms with E-state index in [0.717, 1.165) is 31.4 Å². The fraction of sp³-hybridized carbons (Fsp3) is 0.591. The molecule has 0 radical (unpaired) electrons. The van der Waals surface area contributed by atoms with E-state index in [1.165, 1.54) is 36.5 Å². The lowest BCUT2D eigenvalue weighted by molar-refractivity contribution is 0.00706. The van der Waals surface area contributed by atoms with Gasteiger partial charge in [-0.25, -0.2) is 4.98 Å².